The van der Waals surface area contributed by atoms with Crippen molar-refractivity contribution in [1.29, 1.82) is 0 Å². The van der Waals surface area contributed by atoms with E-state index in [9.17, 15) is 8.42 Å². The topological polar surface area (TPSA) is 96.4 Å². The molecule has 0 atom stereocenters. The van der Waals surface area contributed by atoms with Crippen molar-refractivity contribution in [2.75, 3.05) is 39.6 Å². The van der Waals surface area contributed by atoms with Gasteiger partial charge in [0.15, 0.2) is 0 Å². The fraction of sp³-hybridized carbons (Fsp3) is 0.238. The van der Waals surface area contributed by atoms with Gasteiger partial charge in [0.25, 0.3) is 0 Å². The fourth-order valence-electron chi connectivity index (χ4n) is 2.78. The minimum atomic E-state index is -3.54. The number of benzene rings is 2. The number of rotatable bonds is 9. The number of nitrogens with zero attached hydrogens (tertiary/aromatic N) is 3. The molecule has 1 aromatic heterocycles. The van der Waals surface area contributed by atoms with Crippen LogP contribution in [0.1, 0.15) is 0 Å². The number of methoxy groups -OCH3 is 1. The summed E-state index contributed by atoms with van der Waals surface area (Å²) in [7, 11) is 1.86. The highest BCUT2D eigenvalue weighted by atomic mass is 32.2. The third-order valence-electron chi connectivity index (χ3n) is 4.34. The van der Waals surface area contributed by atoms with Crippen molar-refractivity contribution in [2.24, 2.45) is 0 Å². The van der Waals surface area contributed by atoms with Gasteiger partial charge in [0.1, 0.15) is 17.9 Å². The summed E-state index contributed by atoms with van der Waals surface area (Å²) in [4.78, 5) is 10.7. The Balaban J connectivity index is 1.73. The molecule has 2 N–H and O–H groups in total. The fourth-order valence-corrected chi connectivity index (χ4v) is 3.80. The molecule has 0 unspecified atom stereocenters. The maximum Gasteiger partial charge on any atom is 0.240 e. The van der Waals surface area contributed by atoms with Crippen LogP contribution >= 0.6 is 0 Å². The summed E-state index contributed by atoms with van der Waals surface area (Å²) >= 11 is 0. The van der Waals surface area contributed by atoms with E-state index >= 15 is 0 Å². The Morgan fingerprint density at radius 1 is 1.03 bits per heavy atom. The van der Waals surface area contributed by atoms with E-state index < -0.39 is 10.0 Å². The lowest BCUT2D eigenvalue weighted by atomic mass is 10.1. The second kappa shape index (κ2) is 9.66. The molecule has 30 heavy (non-hydrogen) atoms. The zero-order chi connectivity index (χ0) is 21.6. The van der Waals surface area contributed by atoms with E-state index in [1.165, 1.54) is 6.33 Å². The van der Waals surface area contributed by atoms with Gasteiger partial charge in [-0.1, -0.05) is 12.1 Å². The molecule has 0 aliphatic carbocycles. The van der Waals surface area contributed by atoms with E-state index in [-0.39, 0.29) is 4.90 Å². The van der Waals surface area contributed by atoms with Gasteiger partial charge in [-0.3, -0.25) is 0 Å². The van der Waals surface area contributed by atoms with Gasteiger partial charge < -0.3 is 15.0 Å². The molecule has 1 heterocycles. The molecule has 0 radical (unpaired) electrons. The van der Waals surface area contributed by atoms with Gasteiger partial charge in [-0.2, -0.15) is 0 Å². The summed E-state index contributed by atoms with van der Waals surface area (Å²) in [6.45, 7) is 0.975. The second-order valence-electron chi connectivity index (χ2n) is 6.84. The number of hydrogen-bond acceptors (Lipinski definition) is 7. The standard InChI is InChI=1S/C21H25N5O3S/c1-26(2)13-12-24-30(27,28)17-10-8-16(9-11-17)25-21-14-19(22-15-23-21)18-6-4-5-7-20(18)29-3/h4-11,14-15,24H,12-13H2,1-3H3,(H,22,23,25). The number of nitrogens with one attached hydrogen (secondary N) is 2. The molecule has 0 aliphatic rings. The summed E-state index contributed by atoms with van der Waals surface area (Å²) in [5, 5.41) is 3.17. The minimum absolute atomic E-state index is 0.212. The first-order chi connectivity index (χ1) is 14.4. The van der Waals surface area contributed by atoms with Crippen molar-refractivity contribution in [2.45, 2.75) is 4.90 Å². The first-order valence-corrected chi connectivity index (χ1v) is 10.8. The molecule has 0 amide bonds. The molecule has 0 bridgehead atoms. The summed E-state index contributed by atoms with van der Waals surface area (Å²) in [5.74, 6) is 1.31. The van der Waals surface area contributed by atoms with Gasteiger partial charge in [0.05, 0.1) is 17.7 Å². The van der Waals surface area contributed by atoms with Crippen molar-refractivity contribution >= 4 is 21.5 Å². The zero-order valence-corrected chi connectivity index (χ0v) is 18.0. The van der Waals surface area contributed by atoms with Crippen LogP contribution in [0.15, 0.2) is 65.8 Å². The number of ether oxygens (including phenoxy) is 1. The molecule has 0 aliphatic heterocycles. The molecule has 2 aromatic carbocycles. The molecule has 3 aromatic rings. The zero-order valence-electron chi connectivity index (χ0n) is 17.2. The van der Waals surface area contributed by atoms with Crippen LogP contribution in [0, 0.1) is 0 Å². The third kappa shape index (κ3) is 5.53. The normalized spacial score (nSPS) is 11.5. The number of para-hydroxylation sites is 1. The number of hydrogen-bond donors (Lipinski definition) is 2. The first-order valence-electron chi connectivity index (χ1n) is 9.36. The lowest BCUT2D eigenvalue weighted by molar-refractivity contribution is 0.412. The van der Waals surface area contributed by atoms with E-state index in [0.717, 1.165) is 11.3 Å². The maximum absolute atomic E-state index is 12.4. The van der Waals surface area contributed by atoms with E-state index in [2.05, 4.69) is 20.0 Å². The summed E-state index contributed by atoms with van der Waals surface area (Å²) in [5.41, 5.74) is 2.29. The van der Waals surface area contributed by atoms with Gasteiger partial charge in [-0.15, -0.1) is 0 Å². The Hall–Kier alpha value is -3.01. The van der Waals surface area contributed by atoms with Crippen molar-refractivity contribution in [3.63, 3.8) is 0 Å². The molecule has 158 valence electrons. The van der Waals surface area contributed by atoms with Crippen LogP contribution in [0.4, 0.5) is 11.5 Å². The monoisotopic (exact) mass is 427 g/mol. The Bertz CT molecular complexity index is 1090. The van der Waals surface area contributed by atoms with E-state index in [0.29, 0.717) is 30.3 Å². The third-order valence-corrected chi connectivity index (χ3v) is 5.82. The largest absolute Gasteiger partial charge is 0.496 e. The predicted molar refractivity (Wildman–Crippen MR) is 117 cm³/mol. The van der Waals surface area contributed by atoms with Gasteiger partial charge in [0.2, 0.25) is 10.0 Å². The minimum Gasteiger partial charge on any atom is -0.496 e. The molecule has 3 rings (SSSR count). The van der Waals surface area contributed by atoms with Crippen molar-refractivity contribution in [3.8, 4) is 17.0 Å². The van der Waals surface area contributed by atoms with Gasteiger partial charge in [0, 0.05) is 30.4 Å². The average Bonchev–Trinajstić information content (AvgIpc) is 2.74. The van der Waals surface area contributed by atoms with Crippen molar-refractivity contribution in [3.05, 3.63) is 60.9 Å². The highest BCUT2D eigenvalue weighted by molar-refractivity contribution is 7.89. The number of anilines is 2. The van der Waals surface area contributed by atoms with Crippen molar-refractivity contribution in [1.82, 2.24) is 19.6 Å². The van der Waals surface area contributed by atoms with Crippen LogP contribution < -0.4 is 14.8 Å². The van der Waals surface area contributed by atoms with E-state index in [4.69, 9.17) is 4.74 Å². The summed E-state index contributed by atoms with van der Waals surface area (Å²) in [6.07, 6.45) is 1.47. The Labute approximate surface area is 177 Å². The Morgan fingerprint density at radius 2 is 1.77 bits per heavy atom. The quantitative estimate of drug-likeness (QED) is 0.542. The highest BCUT2D eigenvalue weighted by Gasteiger charge is 2.13. The van der Waals surface area contributed by atoms with Crippen LogP contribution in [0.25, 0.3) is 11.3 Å². The number of likely N-dealkylation sites (N-methyl/N-ethyl adjacent to an activating group) is 1. The van der Waals surface area contributed by atoms with E-state index in [1.807, 2.05) is 49.3 Å². The Kier molecular flexibility index (Phi) is 6.99. The van der Waals surface area contributed by atoms with Gasteiger partial charge in [-0.05, 0) is 50.5 Å². The maximum atomic E-state index is 12.4. The molecule has 9 heteroatoms. The average molecular weight is 428 g/mol. The first kappa shape index (κ1) is 21.7. The smallest absolute Gasteiger partial charge is 0.240 e. The van der Waals surface area contributed by atoms with Crippen LogP contribution in [0.2, 0.25) is 0 Å². The van der Waals surface area contributed by atoms with Crippen LogP contribution in [-0.4, -0.2) is 57.6 Å². The second-order valence-corrected chi connectivity index (χ2v) is 8.61. The SMILES string of the molecule is COc1ccccc1-c1cc(Nc2ccc(S(=O)(=O)NCCN(C)C)cc2)ncn1. The molecule has 0 saturated carbocycles. The van der Waals surface area contributed by atoms with Crippen LogP contribution in [-0.2, 0) is 10.0 Å². The summed E-state index contributed by atoms with van der Waals surface area (Å²) in [6, 6.07) is 15.9. The lowest BCUT2D eigenvalue weighted by Crippen LogP contribution is -2.31. The highest BCUT2D eigenvalue weighted by Crippen LogP contribution is 2.29. The van der Waals surface area contributed by atoms with Gasteiger partial charge in [-0.25, -0.2) is 23.1 Å². The summed E-state index contributed by atoms with van der Waals surface area (Å²) < 4.78 is 32.7. The van der Waals surface area contributed by atoms with E-state index in [1.54, 1.807) is 31.4 Å². The number of aromatic nitrogens is 2. The molecule has 0 fully saturated rings. The van der Waals surface area contributed by atoms with Crippen LogP contribution in [0.3, 0.4) is 0 Å². The van der Waals surface area contributed by atoms with Crippen LogP contribution in [0.5, 0.6) is 5.75 Å². The Morgan fingerprint density at radius 3 is 2.47 bits per heavy atom. The predicted octanol–water partition coefficient (Wildman–Crippen LogP) is 2.74. The molecular weight excluding hydrogens is 402 g/mol. The van der Waals surface area contributed by atoms with Gasteiger partial charge >= 0.3 is 0 Å². The lowest BCUT2D eigenvalue weighted by Gasteiger charge is -2.12. The molecule has 8 nitrogen and oxygen atoms in total. The molecule has 0 saturated heterocycles. The number of sulfonamides is 1. The van der Waals surface area contributed by atoms with Crippen molar-refractivity contribution < 1.29 is 13.2 Å². The molecule has 0 spiro atoms. The molecular formula is C21H25N5O3S.